The van der Waals surface area contributed by atoms with Crippen molar-refractivity contribution in [3.63, 3.8) is 0 Å². The zero-order valence-corrected chi connectivity index (χ0v) is 9.62. The second kappa shape index (κ2) is 9.37. The molecule has 10 N–H and O–H groups in total. The van der Waals surface area contributed by atoms with E-state index in [9.17, 15) is 0 Å². The molecule has 0 aromatic heterocycles. The lowest BCUT2D eigenvalue weighted by Gasteiger charge is -1.92. The van der Waals surface area contributed by atoms with Crippen LogP contribution in [0.3, 0.4) is 0 Å². The molecule has 12 heteroatoms. The Kier molecular flexibility index (Phi) is 12.8. The fourth-order valence-electron chi connectivity index (χ4n) is 0. The van der Waals surface area contributed by atoms with Crippen LogP contribution in [0.4, 0.5) is 0 Å². The molecule has 0 aliphatic heterocycles. The molecule has 0 bridgehead atoms. The van der Waals surface area contributed by atoms with E-state index < -0.39 is 15.6 Å². The number of hydrogen-bond donors (Lipinski definition) is 8. The van der Waals surface area contributed by atoms with Gasteiger partial charge in [-0.1, -0.05) is 6.92 Å². The predicted molar refractivity (Wildman–Crippen MR) is 51.0 cm³/mol. The maximum absolute atomic E-state index is 8.88. The van der Waals surface area contributed by atoms with Gasteiger partial charge in [-0.3, -0.25) is 0 Å². The summed E-state index contributed by atoms with van der Waals surface area (Å²) in [7, 11) is -9.28. The SMILES string of the molecule is CCC(N)N.O=P(O)(O)O.O=P(O)(O)O. The van der Waals surface area contributed by atoms with Crippen molar-refractivity contribution >= 4 is 15.6 Å². The van der Waals surface area contributed by atoms with Crippen LogP contribution in [-0.4, -0.2) is 35.5 Å². The fourth-order valence-corrected chi connectivity index (χ4v) is 0. The third kappa shape index (κ3) is 455. The Morgan fingerprint density at radius 3 is 1.00 bits per heavy atom. The fraction of sp³-hybridized carbons (Fsp3) is 1.00. The standard InChI is InChI=1S/C3H10N2.2H3O4P/c1-2-3(4)5;2*1-5(2,3)4/h3H,2,4-5H2,1H3;2*(H3,1,2,3,4). The zero-order valence-electron chi connectivity index (χ0n) is 7.83. The maximum atomic E-state index is 8.88. The lowest BCUT2D eigenvalue weighted by Crippen LogP contribution is -2.28. The molecule has 0 aromatic rings. The number of hydrogen-bond acceptors (Lipinski definition) is 4. The highest BCUT2D eigenvalue weighted by atomic mass is 31.2. The predicted octanol–water partition coefficient (Wildman–Crippen LogP) is -2.22. The molecule has 15 heavy (non-hydrogen) atoms. The van der Waals surface area contributed by atoms with E-state index in [0.29, 0.717) is 0 Å². The van der Waals surface area contributed by atoms with Crippen LogP contribution in [0.2, 0.25) is 0 Å². The second-order valence-electron chi connectivity index (χ2n) is 2.10. The van der Waals surface area contributed by atoms with Gasteiger partial charge in [-0.05, 0) is 6.42 Å². The van der Waals surface area contributed by atoms with E-state index in [0.717, 1.165) is 6.42 Å². The highest BCUT2D eigenvalue weighted by molar-refractivity contribution is 7.45. The van der Waals surface area contributed by atoms with Crippen molar-refractivity contribution in [2.24, 2.45) is 11.5 Å². The summed E-state index contributed by atoms with van der Waals surface area (Å²) in [5.74, 6) is 0. The van der Waals surface area contributed by atoms with Gasteiger partial charge >= 0.3 is 15.6 Å². The van der Waals surface area contributed by atoms with E-state index in [2.05, 4.69) is 0 Å². The molecule has 0 amide bonds. The quantitative estimate of drug-likeness (QED) is 0.190. The average molecular weight is 270 g/mol. The highest BCUT2D eigenvalue weighted by Gasteiger charge is 2.00. The molecule has 0 saturated heterocycles. The smallest absolute Gasteiger partial charge is 0.316 e. The van der Waals surface area contributed by atoms with E-state index in [-0.39, 0.29) is 6.17 Å². The summed E-state index contributed by atoms with van der Waals surface area (Å²) in [5, 5.41) is 0. The van der Waals surface area contributed by atoms with Crippen LogP contribution >= 0.6 is 15.6 Å². The zero-order chi connectivity index (χ0) is 13.3. The second-order valence-corrected chi connectivity index (χ2v) is 4.15. The van der Waals surface area contributed by atoms with Crippen molar-refractivity contribution in [2.45, 2.75) is 19.5 Å². The van der Waals surface area contributed by atoms with E-state index in [4.69, 9.17) is 50.0 Å². The summed E-state index contributed by atoms with van der Waals surface area (Å²) in [5.41, 5.74) is 10.1. The van der Waals surface area contributed by atoms with Crippen LogP contribution in [0.1, 0.15) is 13.3 Å². The molecule has 0 heterocycles. The lowest BCUT2D eigenvalue weighted by molar-refractivity contribution is 0.272. The molecule has 0 saturated carbocycles. The van der Waals surface area contributed by atoms with E-state index in [1.165, 1.54) is 0 Å². The minimum absolute atomic E-state index is 0.116. The molecule has 0 spiro atoms. The number of rotatable bonds is 1. The van der Waals surface area contributed by atoms with Crippen molar-refractivity contribution in [3.05, 3.63) is 0 Å². The molecule has 0 radical (unpaired) electrons. The van der Waals surface area contributed by atoms with Crippen LogP contribution in [0.5, 0.6) is 0 Å². The summed E-state index contributed by atoms with van der Waals surface area (Å²) in [6, 6.07) is 0. The van der Waals surface area contributed by atoms with Crippen molar-refractivity contribution in [1.82, 2.24) is 0 Å². The van der Waals surface area contributed by atoms with E-state index in [1.807, 2.05) is 6.92 Å². The molecule has 0 atom stereocenters. The molecule has 0 aromatic carbocycles. The van der Waals surface area contributed by atoms with Gasteiger partial charge in [0.15, 0.2) is 0 Å². The average Bonchev–Trinajstić information content (AvgIpc) is 1.79. The van der Waals surface area contributed by atoms with Gasteiger partial charge < -0.3 is 40.8 Å². The molecule has 0 unspecified atom stereocenters. The first-order valence-electron chi connectivity index (χ1n) is 3.35. The Labute approximate surface area is 86.0 Å². The highest BCUT2D eigenvalue weighted by Crippen LogP contribution is 2.26. The summed E-state index contributed by atoms with van der Waals surface area (Å²) >= 11 is 0. The Morgan fingerprint density at radius 1 is 0.933 bits per heavy atom. The first-order valence-corrected chi connectivity index (χ1v) is 6.48. The number of phosphoric acid groups is 2. The van der Waals surface area contributed by atoms with Crippen LogP contribution in [0.25, 0.3) is 0 Å². The largest absolute Gasteiger partial charge is 0.466 e. The van der Waals surface area contributed by atoms with Crippen LogP contribution in [0, 0.1) is 0 Å². The van der Waals surface area contributed by atoms with Gasteiger partial charge in [-0.15, -0.1) is 0 Å². The van der Waals surface area contributed by atoms with Gasteiger partial charge in [-0.2, -0.15) is 0 Å². The van der Waals surface area contributed by atoms with Gasteiger partial charge in [0.25, 0.3) is 0 Å². The van der Waals surface area contributed by atoms with Crippen LogP contribution < -0.4 is 11.5 Å². The van der Waals surface area contributed by atoms with Gasteiger partial charge in [0.1, 0.15) is 0 Å². The first kappa shape index (κ1) is 20.5. The Morgan fingerprint density at radius 2 is 1.00 bits per heavy atom. The van der Waals surface area contributed by atoms with Crippen molar-refractivity contribution in [1.29, 1.82) is 0 Å². The summed E-state index contributed by atoms with van der Waals surface area (Å²) in [4.78, 5) is 43.1. The molecule has 96 valence electrons. The monoisotopic (exact) mass is 270 g/mol. The van der Waals surface area contributed by atoms with Gasteiger partial charge in [-0.25, -0.2) is 9.13 Å². The molecular weight excluding hydrogens is 254 g/mol. The first-order chi connectivity index (χ1) is 6.27. The number of nitrogens with two attached hydrogens (primary N) is 2. The topological polar surface area (TPSA) is 208 Å². The Balaban J connectivity index is -0.000000144. The molecule has 0 fully saturated rings. The van der Waals surface area contributed by atoms with E-state index in [1.54, 1.807) is 0 Å². The molecule has 10 nitrogen and oxygen atoms in total. The third-order valence-corrected chi connectivity index (χ3v) is 0.471. The van der Waals surface area contributed by atoms with E-state index >= 15 is 0 Å². The van der Waals surface area contributed by atoms with Gasteiger partial charge in [0.05, 0.1) is 6.17 Å². The van der Waals surface area contributed by atoms with Crippen molar-refractivity contribution < 1.29 is 38.5 Å². The minimum Gasteiger partial charge on any atom is -0.316 e. The Hall–Kier alpha value is 0.140. The van der Waals surface area contributed by atoms with Crippen molar-refractivity contribution in [2.75, 3.05) is 0 Å². The molecular formula is C3H16N2O8P2. The van der Waals surface area contributed by atoms with Gasteiger partial charge in [0, 0.05) is 0 Å². The Bertz CT molecular complexity index is 183. The summed E-state index contributed by atoms with van der Waals surface area (Å²) < 4.78 is 17.8. The molecule has 0 rings (SSSR count). The van der Waals surface area contributed by atoms with Gasteiger partial charge in [0.2, 0.25) is 0 Å². The summed E-state index contributed by atoms with van der Waals surface area (Å²) in [6.07, 6.45) is 0.745. The van der Waals surface area contributed by atoms with Crippen molar-refractivity contribution in [3.8, 4) is 0 Å². The van der Waals surface area contributed by atoms with Crippen LogP contribution in [0.15, 0.2) is 0 Å². The lowest BCUT2D eigenvalue weighted by atomic mass is 10.4. The maximum Gasteiger partial charge on any atom is 0.466 e. The molecule has 0 aliphatic rings. The minimum atomic E-state index is -4.64. The van der Waals surface area contributed by atoms with Crippen LogP contribution in [-0.2, 0) is 9.13 Å². The molecule has 0 aliphatic carbocycles. The normalized spacial score (nSPS) is 11.1. The summed E-state index contributed by atoms with van der Waals surface area (Å²) in [6.45, 7) is 1.95. The third-order valence-electron chi connectivity index (χ3n) is 0.471.